The molecule has 4 nitrogen and oxygen atoms in total. The molecule has 0 radical (unpaired) electrons. The lowest BCUT2D eigenvalue weighted by molar-refractivity contribution is -0.123. The summed E-state index contributed by atoms with van der Waals surface area (Å²) >= 11 is 1.72. The second kappa shape index (κ2) is 9.64. The summed E-state index contributed by atoms with van der Waals surface area (Å²) in [6, 6.07) is -0.192. The zero-order chi connectivity index (χ0) is 14.1. The number of rotatable bonds is 9. The van der Waals surface area contributed by atoms with E-state index < -0.39 is 0 Å². The highest BCUT2D eigenvalue weighted by Crippen LogP contribution is 2.06. The second-order valence-corrected chi connectivity index (χ2v) is 6.47. The number of carbonyl (C=O) groups is 1. The van der Waals surface area contributed by atoms with Crippen LogP contribution in [-0.4, -0.2) is 55.5 Å². The predicted molar refractivity (Wildman–Crippen MR) is 80.9 cm³/mol. The third kappa shape index (κ3) is 8.78. The van der Waals surface area contributed by atoms with E-state index in [1.54, 1.807) is 11.8 Å². The Morgan fingerprint density at radius 1 is 1.39 bits per heavy atom. The van der Waals surface area contributed by atoms with E-state index >= 15 is 0 Å². The van der Waals surface area contributed by atoms with E-state index in [0.29, 0.717) is 5.92 Å². The molecule has 0 rings (SSSR count). The number of nitrogens with zero attached hydrogens (tertiary/aromatic N) is 1. The highest BCUT2D eigenvalue weighted by Gasteiger charge is 2.19. The first-order valence-corrected chi connectivity index (χ1v) is 7.95. The number of nitrogens with one attached hydrogen (secondary N) is 1. The first-order chi connectivity index (χ1) is 8.36. The number of hydrogen-bond donors (Lipinski definition) is 2. The maximum Gasteiger partial charge on any atom is 0.237 e. The van der Waals surface area contributed by atoms with Crippen molar-refractivity contribution < 1.29 is 4.79 Å². The highest BCUT2D eigenvalue weighted by molar-refractivity contribution is 7.98. The second-order valence-electron chi connectivity index (χ2n) is 5.49. The number of hydrogen-bond acceptors (Lipinski definition) is 4. The van der Waals surface area contributed by atoms with Gasteiger partial charge in [-0.05, 0) is 44.9 Å². The van der Waals surface area contributed by atoms with Crippen LogP contribution in [0.1, 0.15) is 26.7 Å². The fraction of sp³-hybridized carbons (Fsp3) is 0.923. The zero-order valence-electron chi connectivity index (χ0n) is 12.4. The van der Waals surface area contributed by atoms with Crippen LogP contribution in [-0.2, 0) is 4.79 Å². The molecule has 0 saturated carbocycles. The van der Waals surface area contributed by atoms with Crippen LogP contribution in [0, 0.1) is 5.92 Å². The van der Waals surface area contributed by atoms with Crippen LogP contribution in [0.4, 0.5) is 0 Å². The van der Waals surface area contributed by atoms with Crippen molar-refractivity contribution in [1.29, 1.82) is 0 Å². The molecule has 0 bridgehead atoms. The molecule has 0 spiro atoms. The van der Waals surface area contributed by atoms with Gasteiger partial charge in [-0.1, -0.05) is 13.8 Å². The molecule has 0 aliphatic carbocycles. The van der Waals surface area contributed by atoms with Crippen LogP contribution in [0.3, 0.4) is 0 Å². The van der Waals surface area contributed by atoms with Gasteiger partial charge in [0.1, 0.15) is 0 Å². The first-order valence-electron chi connectivity index (χ1n) is 6.56. The lowest BCUT2D eigenvalue weighted by atomic mass is 10.0. The van der Waals surface area contributed by atoms with Crippen LogP contribution in [0.15, 0.2) is 0 Å². The number of thioether (sulfide) groups is 1. The van der Waals surface area contributed by atoms with Gasteiger partial charge in [-0.2, -0.15) is 11.8 Å². The smallest absolute Gasteiger partial charge is 0.237 e. The van der Waals surface area contributed by atoms with E-state index in [1.165, 1.54) is 0 Å². The quantitative estimate of drug-likeness (QED) is 0.663. The van der Waals surface area contributed by atoms with Crippen LogP contribution >= 0.6 is 11.8 Å². The zero-order valence-corrected chi connectivity index (χ0v) is 13.2. The van der Waals surface area contributed by atoms with Crippen molar-refractivity contribution in [3.63, 3.8) is 0 Å². The molecule has 3 N–H and O–H groups in total. The van der Waals surface area contributed by atoms with Crippen molar-refractivity contribution in [2.75, 3.05) is 32.6 Å². The predicted octanol–water partition coefficient (Wildman–Crippen LogP) is 1.16. The van der Waals surface area contributed by atoms with Gasteiger partial charge < -0.3 is 16.0 Å². The van der Waals surface area contributed by atoms with Gasteiger partial charge in [0.25, 0.3) is 0 Å². The molecule has 0 aromatic heterocycles. The summed E-state index contributed by atoms with van der Waals surface area (Å²) in [5.74, 6) is 1.48. The Morgan fingerprint density at radius 2 is 2.00 bits per heavy atom. The molecule has 1 amide bonds. The molecule has 0 heterocycles. The molecular formula is C13H29N3OS. The van der Waals surface area contributed by atoms with Crippen LogP contribution in [0.5, 0.6) is 0 Å². The van der Waals surface area contributed by atoms with Gasteiger partial charge in [-0.3, -0.25) is 4.79 Å². The monoisotopic (exact) mass is 275 g/mol. The summed E-state index contributed by atoms with van der Waals surface area (Å²) in [7, 11) is 4.04. The maximum absolute atomic E-state index is 12.0. The van der Waals surface area contributed by atoms with Crippen molar-refractivity contribution in [2.24, 2.45) is 11.7 Å². The fourth-order valence-electron chi connectivity index (χ4n) is 1.87. The summed E-state index contributed by atoms with van der Waals surface area (Å²) < 4.78 is 0. The van der Waals surface area contributed by atoms with Crippen molar-refractivity contribution >= 4 is 17.7 Å². The average Bonchev–Trinajstić information content (AvgIpc) is 2.23. The molecule has 0 aromatic carbocycles. The summed E-state index contributed by atoms with van der Waals surface area (Å²) in [5, 5.41) is 3.07. The van der Waals surface area contributed by atoms with E-state index in [4.69, 9.17) is 5.73 Å². The van der Waals surface area contributed by atoms with Crippen molar-refractivity contribution in [3.8, 4) is 0 Å². The molecule has 1 unspecified atom stereocenters. The van der Waals surface area contributed by atoms with Gasteiger partial charge in [0.2, 0.25) is 5.91 Å². The van der Waals surface area contributed by atoms with Gasteiger partial charge >= 0.3 is 0 Å². The minimum absolute atomic E-state index is 0.0171. The Labute approximate surface area is 116 Å². The molecule has 18 heavy (non-hydrogen) atoms. The Balaban J connectivity index is 4.24. The number of amides is 1. The summed E-state index contributed by atoms with van der Waals surface area (Å²) in [6.45, 7) is 5.20. The largest absolute Gasteiger partial charge is 0.351 e. The minimum Gasteiger partial charge on any atom is -0.351 e. The van der Waals surface area contributed by atoms with E-state index in [2.05, 4.69) is 24.1 Å². The maximum atomic E-state index is 12.0. The van der Waals surface area contributed by atoms with Crippen LogP contribution in [0.2, 0.25) is 0 Å². The molecule has 2 atom stereocenters. The SMILES string of the molecule is CSCC[C@@H](N)C(=O)NC(CC(C)C)CN(C)C. The van der Waals surface area contributed by atoms with Crippen LogP contribution < -0.4 is 11.1 Å². The van der Waals surface area contributed by atoms with Crippen molar-refractivity contribution in [3.05, 3.63) is 0 Å². The summed E-state index contributed by atoms with van der Waals surface area (Å²) in [6.07, 6.45) is 3.75. The molecule has 0 saturated heterocycles. The van der Waals surface area contributed by atoms with E-state index in [0.717, 1.165) is 25.1 Å². The number of carbonyl (C=O) groups excluding carboxylic acids is 1. The minimum atomic E-state index is -0.380. The molecule has 5 heteroatoms. The van der Waals surface area contributed by atoms with Crippen molar-refractivity contribution in [2.45, 2.75) is 38.8 Å². The third-order valence-electron chi connectivity index (χ3n) is 2.66. The Kier molecular flexibility index (Phi) is 9.50. The normalized spacial score (nSPS) is 14.9. The van der Waals surface area contributed by atoms with Gasteiger partial charge in [0.15, 0.2) is 0 Å². The molecular weight excluding hydrogens is 246 g/mol. The highest BCUT2D eigenvalue weighted by atomic mass is 32.2. The van der Waals surface area contributed by atoms with Gasteiger partial charge in [-0.15, -0.1) is 0 Å². The lowest BCUT2D eigenvalue weighted by Crippen LogP contribution is -2.49. The Morgan fingerprint density at radius 3 is 2.44 bits per heavy atom. The topological polar surface area (TPSA) is 58.4 Å². The van der Waals surface area contributed by atoms with E-state index in [-0.39, 0.29) is 18.0 Å². The third-order valence-corrected chi connectivity index (χ3v) is 3.30. The molecule has 0 aliphatic rings. The fourth-order valence-corrected chi connectivity index (χ4v) is 2.36. The molecule has 108 valence electrons. The van der Waals surface area contributed by atoms with Gasteiger partial charge in [0, 0.05) is 12.6 Å². The Hall–Kier alpha value is -0.260. The van der Waals surface area contributed by atoms with E-state index in [9.17, 15) is 4.79 Å². The summed E-state index contributed by atoms with van der Waals surface area (Å²) in [4.78, 5) is 14.1. The van der Waals surface area contributed by atoms with Crippen LogP contribution in [0.25, 0.3) is 0 Å². The molecule has 0 aliphatic heterocycles. The number of likely N-dealkylation sites (N-methyl/N-ethyl adjacent to an activating group) is 1. The molecule has 0 fully saturated rings. The van der Waals surface area contributed by atoms with Gasteiger partial charge in [-0.25, -0.2) is 0 Å². The van der Waals surface area contributed by atoms with E-state index in [1.807, 2.05) is 20.4 Å². The lowest BCUT2D eigenvalue weighted by Gasteiger charge is -2.25. The average molecular weight is 275 g/mol. The van der Waals surface area contributed by atoms with Gasteiger partial charge in [0.05, 0.1) is 6.04 Å². The molecule has 0 aromatic rings. The standard InChI is InChI=1S/C13H29N3OS/c1-10(2)8-11(9-16(3)4)15-13(17)12(14)6-7-18-5/h10-12H,6-9,14H2,1-5H3,(H,15,17)/t11?,12-/m1/s1. The number of nitrogens with two attached hydrogens (primary N) is 1. The summed E-state index contributed by atoms with van der Waals surface area (Å²) in [5.41, 5.74) is 5.87. The first kappa shape index (κ1) is 17.7. The van der Waals surface area contributed by atoms with Crippen molar-refractivity contribution in [1.82, 2.24) is 10.2 Å². The Bertz CT molecular complexity index is 224.